The molecule has 1 aromatic heterocycles. The van der Waals surface area contributed by atoms with Gasteiger partial charge >= 0.3 is 0 Å². The van der Waals surface area contributed by atoms with E-state index in [1.807, 2.05) is 18.4 Å². The van der Waals surface area contributed by atoms with Crippen molar-refractivity contribution in [3.63, 3.8) is 0 Å². The minimum absolute atomic E-state index is 0.0566. The molecule has 0 fully saturated rings. The Bertz CT molecular complexity index is 708. The first-order valence-electron chi connectivity index (χ1n) is 7.12. The van der Waals surface area contributed by atoms with E-state index in [9.17, 15) is 9.59 Å². The van der Waals surface area contributed by atoms with E-state index in [1.54, 1.807) is 29.5 Å². The molecule has 0 saturated carbocycles. The molecule has 6 heteroatoms. The lowest BCUT2D eigenvalue weighted by molar-refractivity contribution is -0.123. The van der Waals surface area contributed by atoms with Gasteiger partial charge in [-0.1, -0.05) is 0 Å². The van der Waals surface area contributed by atoms with Crippen molar-refractivity contribution in [2.75, 3.05) is 13.7 Å². The maximum atomic E-state index is 11.9. The van der Waals surface area contributed by atoms with E-state index in [0.717, 1.165) is 10.4 Å². The molecule has 0 atom stereocenters. The van der Waals surface area contributed by atoms with E-state index in [4.69, 9.17) is 9.47 Å². The lowest BCUT2D eigenvalue weighted by Crippen LogP contribution is -2.28. The molecule has 0 aliphatic heterocycles. The van der Waals surface area contributed by atoms with E-state index >= 15 is 0 Å². The Morgan fingerprint density at radius 1 is 1.22 bits per heavy atom. The van der Waals surface area contributed by atoms with Gasteiger partial charge in [-0.15, -0.1) is 11.3 Å². The monoisotopic (exact) mass is 333 g/mol. The van der Waals surface area contributed by atoms with Gasteiger partial charge in [0.05, 0.1) is 13.7 Å². The fourth-order valence-electron chi connectivity index (χ4n) is 1.96. The quantitative estimate of drug-likeness (QED) is 0.791. The summed E-state index contributed by atoms with van der Waals surface area (Å²) in [6.45, 7) is 3.87. The average Bonchev–Trinajstić information content (AvgIpc) is 2.95. The molecule has 122 valence electrons. The number of hydrogen-bond acceptors (Lipinski definition) is 5. The largest absolute Gasteiger partial charge is 0.493 e. The van der Waals surface area contributed by atoms with Crippen molar-refractivity contribution in [3.8, 4) is 11.5 Å². The molecule has 2 rings (SSSR count). The third-order valence-electron chi connectivity index (χ3n) is 3.34. The summed E-state index contributed by atoms with van der Waals surface area (Å²) in [5, 5.41) is 4.81. The van der Waals surface area contributed by atoms with Crippen LogP contribution in [0, 0.1) is 6.92 Å². The van der Waals surface area contributed by atoms with Gasteiger partial charge < -0.3 is 14.8 Å². The number of hydrogen-bond donors (Lipinski definition) is 1. The second-order valence-electron chi connectivity index (χ2n) is 5.01. The van der Waals surface area contributed by atoms with Gasteiger partial charge in [0, 0.05) is 10.4 Å². The van der Waals surface area contributed by atoms with E-state index < -0.39 is 0 Å². The molecular formula is C17H19NO4S. The number of Topliss-reactive ketones (excluding diaryl/α,β-unsaturated/α-hetero) is 1. The van der Waals surface area contributed by atoms with Crippen LogP contribution in [0.1, 0.15) is 27.7 Å². The molecule has 0 bridgehead atoms. The van der Waals surface area contributed by atoms with E-state index in [-0.39, 0.29) is 18.3 Å². The van der Waals surface area contributed by atoms with Crippen molar-refractivity contribution in [1.82, 2.24) is 5.32 Å². The van der Waals surface area contributed by atoms with Gasteiger partial charge in [-0.25, -0.2) is 0 Å². The summed E-state index contributed by atoms with van der Waals surface area (Å²) in [5.74, 6) is 0.592. The Labute approximate surface area is 139 Å². The Hall–Kier alpha value is -2.34. The predicted molar refractivity (Wildman–Crippen MR) is 89.4 cm³/mol. The molecule has 0 aliphatic carbocycles. The highest BCUT2D eigenvalue weighted by Gasteiger charge is 2.10. The number of ketones is 1. The summed E-state index contributed by atoms with van der Waals surface area (Å²) >= 11 is 1.61. The highest BCUT2D eigenvalue weighted by molar-refractivity contribution is 7.10. The molecule has 0 unspecified atom stereocenters. The van der Waals surface area contributed by atoms with Gasteiger partial charge in [0.1, 0.15) is 0 Å². The molecular weight excluding hydrogens is 314 g/mol. The summed E-state index contributed by atoms with van der Waals surface area (Å²) in [5.41, 5.74) is 1.70. The first-order chi connectivity index (χ1) is 11.0. The number of carbonyl (C=O) groups is 2. The highest BCUT2D eigenvalue weighted by Crippen LogP contribution is 2.28. The zero-order chi connectivity index (χ0) is 16.8. The third kappa shape index (κ3) is 4.56. The number of carbonyl (C=O) groups excluding carboxylic acids is 2. The zero-order valence-electron chi connectivity index (χ0n) is 13.3. The normalized spacial score (nSPS) is 10.2. The topological polar surface area (TPSA) is 64.6 Å². The Morgan fingerprint density at radius 3 is 2.61 bits per heavy atom. The molecule has 0 aliphatic rings. The minimum Gasteiger partial charge on any atom is -0.493 e. The molecule has 5 nitrogen and oxygen atoms in total. The van der Waals surface area contributed by atoms with Crippen LogP contribution in [-0.2, 0) is 11.3 Å². The van der Waals surface area contributed by atoms with Gasteiger partial charge in [-0.3, -0.25) is 9.59 Å². The van der Waals surface area contributed by atoms with Crippen LogP contribution >= 0.6 is 11.3 Å². The lowest BCUT2D eigenvalue weighted by Gasteiger charge is -2.11. The van der Waals surface area contributed by atoms with E-state index in [2.05, 4.69) is 5.32 Å². The van der Waals surface area contributed by atoms with Crippen molar-refractivity contribution in [1.29, 1.82) is 0 Å². The second kappa shape index (κ2) is 7.78. The molecule has 1 heterocycles. The minimum atomic E-state index is -0.213. The van der Waals surface area contributed by atoms with Gasteiger partial charge in [0.25, 0.3) is 5.91 Å². The van der Waals surface area contributed by atoms with Gasteiger partial charge in [0.15, 0.2) is 23.9 Å². The smallest absolute Gasteiger partial charge is 0.258 e. The fourth-order valence-corrected chi connectivity index (χ4v) is 2.81. The van der Waals surface area contributed by atoms with Gasteiger partial charge in [0.2, 0.25) is 0 Å². The van der Waals surface area contributed by atoms with Crippen LogP contribution in [0.15, 0.2) is 29.6 Å². The van der Waals surface area contributed by atoms with Crippen molar-refractivity contribution in [3.05, 3.63) is 45.6 Å². The van der Waals surface area contributed by atoms with Crippen LogP contribution in [0.2, 0.25) is 0 Å². The maximum Gasteiger partial charge on any atom is 0.258 e. The summed E-state index contributed by atoms with van der Waals surface area (Å²) in [6.07, 6.45) is 0. The summed E-state index contributed by atoms with van der Waals surface area (Å²) in [7, 11) is 1.49. The second-order valence-corrected chi connectivity index (χ2v) is 6.01. The van der Waals surface area contributed by atoms with Gasteiger partial charge in [-0.05, 0) is 49.1 Å². The number of benzene rings is 1. The van der Waals surface area contributed by atoms with E-state index in [0.29, 0.717) is 23.6 Å². The molecule has 2 aromatic rings. The first kappa shape index (κ1) is 17.0. The average molecular weight is 333 g/mol. The van der Waals surface area contributed by atoms with Crippen LogP contribution in [-0.4, -0.2) is 25.4 Å². The Balaban J connectivity index is 1.91. The van der Waals surface area contributed by atoms with Crippen LogP contribution in [0.5, 0.6) is 11.5 Å². The number of amides is 1. The first-order valence-corrected chi connectivity index (χ1v) is 8.00. The molecule has 23 heavy (non-hydrogen) atoms. The van der Waals surface area contributed by atoms with Crippen LogP contribution in [0.4, 0.5) is 0 Å². The maximum absolute atomic E-state index is 11.9. The van der Waals surface area contributed by atoms with Crippen LogP contribution in [0.3, 0.4) is 0 Å². The summed E-state index contributed by atoms with van der Waals surface area (Å²) in [4.78, 5) is 24.4. The molecule has 1 aromatic carbocycles. The third-order valence-corrected chi connectivity index (χ3v) is 4.37. The molecule has 0 spiro atoms. The predicted octanol–water partition coefficient (Wildman–Crippen LogP) is 2.96. The Kier molecular flexibility index (Phi) is 5.76. The molecule has 1 N–H and O–H groups in total. The summed E-state index contributed by atoms with van der Waals surface area (Å²) in [6, 6.07) is 6.90. The number of aryl methyl sites for hydroxylation is 1. The van der Waals surface area contributed by atoms with Crippen LogP contribution < -0.4 is 14.8 Å². The molecule has 1 amide bonds. The van der Waals surface area contributed by atoms with Crippen molar-refractivity contribution < 1.29 is 19.1 Å². The van der Waals surface area contributed by atoms with Crippen LogP contribution in [0.25, 0.3) is 0 Å². The number of rotatable bonds is 7. The zero-order valence-corrected chi connectivity index (χ0v) is 14.2. The standard InChI is InChI=1S/C17H19NO4S/c1-11-6-7-23-16(11)9-18-17(20)10-22-14-5-4-13(12(2)19)8-15(14)21-3/h4-8H,9-10H2,1-3H3,(H,18,20). The number of ether oxygens (including phenoxy) is 2. The lowest BCUT2D eigenvalue weighted by atomic mass is 10.1. The molecule has 0 saturated heterocycles. The fraction of sp³-hybridized carbons (Fsp3) is 0.294. The SMILES string of the molecule is COc1cc(C(C)=O)ccc1OCC(=O)NCc1sccc1C. The van der Waals surface area contributed by atoms with Crippen molar-refractivity contribution in [2.24, 2.45) is 0 Å². The van der Waals surface area contributed by atoms with Crippen molar-refractivity contribution in [2.45, 2.75) is 20.4 Å². The molecule has 0 radical (unpaired) electrons. The number of thiophene rings is 1. The Morgan fingerprint density at radius 2 is 2.00 bits per heavy atom. The highest BCUT2D eigenvalue weighted by atomic mass is 32.1. The van der Waals surface area contributed by atoms with E-state index in [1.165, 1.54) is 14.0 Å². The van der Waals surface area contributed by atoms with Gasteiger partial charge in [-0.2, -0.15) is 0 Å². The number of nitrogens with one attached hydrogen (secondary N) is 1. The number of methoxy groups -OCH3 is 1. The summed E-state index contributed by atoms with van der Waals surface area (Å²) < 4.78 is 10.7. The van der Waals surface area contributed by atoms with Crippen molar-refractivity contribution >= 4 is 23.0 Å².